The van der Waals surface area contributed by atoms with Crippen LogP contribution in [0, 0.1) is 24.7 Å². The summed E-state index contributed by atoms with van der Waals surface area (Å²) in [6, 6.07) is 8.61. The molecule has 0 heterocycles. The molecule has 2 bridgehead atoms. The van der Waals surface area contributed by atoms with Gasteiger partial charge in [-0.05, 0) is 50.0 Å². The zero-order chi connectivity index (χ0) is 15.0. The van der Waals surface area contributed by atoms with Gasteiger partial charge in [0.25, 0.3) is 0 Å². The van der Waals surface area contributed by atoms with Gasteiger partial charge in [0.1, 0.15) is 0 Å². The van der Waals surface area contributed by atoms with E-state index in [-0.39, 0.29) is 23.9 Å². The predicted octanol–water partition coefficient (Wildman–Crippen LogP) is 2.94. The number of benzene rings is 1. The standard InChI is InChI=1S/C18H26N2O/c1-3-15(12-6-4-11(2)5-7-12)20-18(21)16-13-8-9-14(10-13)17(16)19/h4-7,13-17H,3,8-10,19H2,1-2H3,(H,20,21). The summed E-state index contributed by atoms with van der Waals surface area (Å²) in [6.07, 6.45) is 4.45. The third-order valence-corrected chi connectivity index (χ3v) is 5.49. The molecule has 0 aromatic heterocycles. The van der Waals surface area contributed by atoms with Crippen molar-refractivity contribution in [3.63, 3.8) is 0 Å². The second kappa shape index (κ2) is 5.80. The zero-order valence-electron chi connectivity index (χ0n) is 13.0. The molecule has 3 nitrogen and oxygen atoms in total. The lowest BCUT2D eigenvalue weighted by Crippen LogP contribution is -2.46. The van der Waals surface area contributed by atoms with Gasteiger partial charge in [-0.25, -0.2) is 0 Å². The van der Waals surface area contributed by atoms with E-state index in [2.05, 4.69) is 43.4 Å². The van der Waals surface area contributed by atoms with E-state index >= 15 is 0 Å². The molecule has 21 heavy (non-hydrogen) atoms. The van der Waals surface area contributed by atoms with Gasteiger partial charge in [0, 0.05) is 6.04 Å². The first-order valence-electron chi connectivity index (χ1n) is 8.22. The Morgan fingerprint density at radius 3 is 2.52 bits per heavy atom. The Labute approximate surface area is 127 Å². The van der Waals surface area contributed by atoms with Gasteiger partial charge in [-0.1, -0.05) is 36.8 Å². The molecule has 0 aliphatic heterocycles. The largest absolute Gasteiger partial charge is 0.349 e. The van der Waals surface area contributed by atoms with E-state index < -0.39 is 0 Å². The molecule has 3 heteroatoms. The molecule has 1 aromatic carbocycles. The first-order valence-corrected chi connectivity index (χ1v) is 8.22. The number of hydrogen-bond donors (Lipinski definition) is 2. The molecule has 0 radical (unpaired) electrons. The van der Waals surface area contributed by atoms with Crippen LogP contribution in [0.1, 0.15) is 49.8 Å². The fraction of sp³-hybridized carbons (Fsp3) is 0.611. The number of carbonyl (C=O) groups is 1. The minimum atomic E-state index is 0.0308. The zero-order valence-corrected chi connectivity index (χ0v) is 13.0. The van der Waals surface area contributed by atoms with Crippen LogP contribution >= 0.6 is 0 Å². The summed E-state index contributed by atoms with van der Waals surface area (Å²) in [7, 11) is 0. The summed E-state index contributed by atoms with van der Waals surface area (Å²) in [5, 5.41) is 3.24. The highest BCUT2D eigenvalue weighted by atomic mass is 16.2. The van der Waals surface area contributed by atoms with Crippen molar-refractivity contribution in [2.24, 2.45) is 23.5 Å². The van der Waals surface area contributed by atoms with Crippen molar-refractivity contribution in [3.8, 4) is 0 Å². The third-order valence-electron chi connectivity index (χ3n) is 5.49. The van der Waals surface area contributed by atoms with Gasteiger partial charge in [-0.15, -0.1) is 0 Å². The minimum Gasteiger partial charge on any atom is -0.349 e. The molecule has 5 atom stereocenters. The van der Waals surface area contributed by atoms with Crippen LogP contribution in [-0.4, -0.2) is 11.9 Å². The highest BCUT2D eigenvalue weighted by Gasteiger charge is 2.49. The lowest BCUT2D eigenvalue weighted by atomic mass is 9.84. The Morgan fingerprint density at radius 1 is 1.29 bits per heavy atom. The predicted molar refractivity (Wildman–Crippen MR) is 84.7 cm³/mol. The van der Waals surface area contributed by atoms with Crippen molar-refractivity contribution in [2.75, 3.05) is 0 Å². The minimum absolute atomic E-state index is 0.0308. The molecule has 2 saturated carbocycles. The molecule has 0 saturated heterocycles. The molecule has 2 fully saturated rings. The number of nitrogens with one attached hydrogen (secondary N) is 1. The van der Waals surface area contributed by atoms with Crippen molar-refractivity contribution in [1.82, 2.24) is 5.32 Å². The van der Waals surface area contributed by atoms with Gasteiger partial charge in [-0.3, -0.25) is 4.79 Å². The summed E-state index contributed by atoms with van der Waals surface area (Å²) in [6.45, 7) is 4.20. The summed E-state index contributed by atoms with van der Waals surface area (Å²) < 4.78 is 0. The highest BCUT2D eigenvalue weighted by Crippen LogP contribution is 2.47. The van der Waals surface area contributed by atoms with Crippen LogP contribution in [0.3, 0.4) is 0 Å². The Balaban J connectivity index is 1.69. The van der Waals surface area contributed by atoms with Gasteiger partial charge >= 0.3 is 0 Å². The lowest BCUT2D eigenvalue weighted by Gasteiger charge is -2.29. The van der Waals surface area contributed by atoms with Gasteiger partial charge in [0.2, 0.25) is 5.91 Å². The summed E-state index contributed by atoms with van der Waals surface area (Å²) in [5.74, 6) is 1.29. The number of rotatable bonds is 4. The summed E-state index contributed by atoms with van der Waals surface area (Å²) in [5.41, 5.74) is 8.71. The molecular formula is C18H26N2O. The Bertz CT molecular complexity index is 508. The van der Waals surface area contributed by atoms with Crippen LogP contribution in [-0.2, 0) is 4.79 Å². The average Bonchev–Trinajstić information content (AvgIpc) is 3.06. The van der Waals surface area contributed by atoms with E-state index in [1.165, 1.54) is 24.0 Å². The molecule has 1 aromatic rings. The monoisotopic (exact) mass is 286 g/mol. The van der Waals surface area contributed by atoms with Gasteiger partial charge in [0.05, 0.1) is 12.0 Å². The molecule has 2 aliphatic rings. The highest BCUT2D eigenvalue weighted by molar-refractivity contribution is 5.81. The van der Waals surface area contributed by atoms with Crippen molar-refractivity contribution in [1.29, 1.82) is 0 Å². The number of fused-ring (bicyclic) bond motifs is 2. The fourth-order valence-corrected chi connectivity index (χ4v) is 4.21. The van der Waals surface area contributed by atoms with Crippen molar-refractivity contribution < 1.29 is 4.79 Å². The van der Waals surface area contributed by atoms with Crippen molar-refractivity contribution in [2.45, 2.75) is 51.6 Å². The summed E-state index contributed by atoms with van der Waals surface area (Å²) in [4.78, 5) is 12.7. The van der Waals surface area contributed by atoms with Crippen LogP contribution in [0.5, 0.6) is 0 Å². The first-order chi connectivity index (χ1) is 10.1. The van der Waals surface area contributed by atoms with Gasteiger partial charge < -0.3 is 11.1 Å². The maximum absolute atomic E-state index is 12.7. The van der Waals surface area contributed by atoms with Crippen molar-refractivity contribution in [3.05, 3.63) is 35.4 Å². The van der Waals surface area contributed by atoms with E-state index in [9.17, 15) is 4.79 Å². The molecule has 1 amide bonds. The number of carbonyl (C=O) groups excluding carboxylic acids is 1. The molecular weight excluding hydrogens is 260 g/mol. The van der Waals surface area contributed by atoms with E-state index in [4.69, 9.17) is 5.73 Å². The van der Waals surface area contributed by atoms with Crippen LogP contribution in [0.25, 0.3) is 0 Å². The Morgan fingerprint density at radius 2 is 1.95 bits per heavy atom. The second-order valence-electron chi connectivity index (χ2n) is 6.82. The SMILES string of the molecule is CCC(NC(=O)C1C2CCC(C2)C1N)c1ccc(C)cc1. The van der Waals surface area contributed by atoms with Crippen LogP contribution in [0.4, 0.5) is 0 Å². The molecule has 0 spiro atoms. The number of amides is 1. The third kappa shape index (κ3) is 2.71. The van der Waals surface area contributed by atoms with Crippen molar-refractivity contribution >= 4 is 5.91 Å². The normalized spacial score (nSPS) is 32.1. The molecule has 2 aliphatic carbocycles. The van der Waals surface area contributed by atoms with E-state index in [1.807, 2.05) is 0 Å². The second-order valence-corrected chi connectivity index (χ2v) is 6.82. The number of nitrogens with two attached hydrogens (primary N) is 1. The van der Waals surface area contributed by atoms with Gasteiger partial charge in [-0.2, -0.15) is 0 Å². The lowest BCUT2D eigenvalue weighted by molar-refractivity contribution is -0.127. The maximum Gasteiger partial charge on any atom is 0.225 e. The Hall–Kier alpha value is -1.35. The number of aryl methyl sites for hydroxylation is 1. The molecule has 114 valence electrons. The maximum atomic E-state index is 12.7. The van der Waals surface area contributed by atoms with Crippen LogP contribution < -0.4 is 11.1 Å². The van der Waals surface area contributed by atoms with E-state index in [0.717, 1.165) is 12.8 Å². The Kier molecular flexibility index (Phi) is 4.03. The first kappa shape index (κ1) is 14.6. The van der Waals surface area contributed by atoms with Crippen LogP contribution in [0.15, 0.2) is 24.3 Å². The summed E-state index contributed by atoms with van der Waals surface area (Å²) >= 11 is 0. The smallest absolute Gasteiger partial charge is 0.225 e. The molecule has 3 N–H and O–H groups in total. The molecule has 3 rings (SSSR count). The van der Waals surface area contributed by atoms with Crippen LogP contribution in [0.2, 0.25) is 0 Å². The van der Waals surface area contributed by atoms with E-state index in [1.54, 1.807) is 0 Å². The topological polar surface area (TPSA) is 55.1 Å². The van der Waals surface area contributed by atoms with E-state index in [0.29, 0.717) is 11.8 Å². The molecule has 5 unspecified atom stereocenters. The number of hydrogen-bond acceptors (Lipinski definition) is 2. The quantitative estimate of drug-likeness (QED) is 0.894. The van der Waals surface area contributed by atoms with Gasteiger partial charge in [0.15, 0.2) is 0 Å². The average molecular weight is 286 g/mol. The fourth-order valence-electron chi connectivity index (χ4n) is 4.21.